The zero-order valence-corrected chi connectivity index (χ0v) is 19.4. The van der Waals surface area contributed by atoms with Gasteiger partial charge in [0.25, 0.3) is 0 Å². The third kappa shape index (κ3) is 3.71. The summed E-state index contributed by atoms with van der Waals surface area (Å²) in [7, 11) is 2.99. The number of rotatable bonds is 5. The van der Waals surface area contributed by atoms with Gasteiger partial charge in [-0.25, -0.2) is 14.3 Å². The lowest BCUT2D eigenvalue weighted by atomic mass is 9.75. The van der Waals surface area contributed by atoms with Gasteiger partial charge in [-0.05, 0) is 31.7 Å². The van der Waals surface area contributed by atoms with Crippen LogP contribution in [0.1, 0.15) is 42.6 Å². The Morgan fingerprint density at radius 2 is 2.00 bits per heavy atom. The number of carbonyl (C=O) groups is 1. The number of ether oxygens (including phenoxy) is 1. The van der Waals surface area contributed by atoms with E-state index in [-0.39, 0.29) is 11.6 Å². The van der Waals surface area contributed by atoms with Crippen molar-refractivity contribution in [3.8, 4) is 34.7 Å². The van der Waals surface area contributed by atoms with Crippen molar-refractivity contribution in [3.05, 3.63) is 42.7 Å². The molecule has 0 bridgehead atoms. The highest BCUT2D eigenvalue weighted by molar-refractivity contribution is 5.95. The monoisotopic (exact) mass is 469 g/mol. The molecule has 11 nitrogen and oxygen atoms in total. The molecular formula is C24H23N9O2. The van der Waals surface area contributed by atoms with Gasteiger partial charge < -0.3 is 4.74 Å². The lowest BCUT2D eigenvalue weighted by Gasteiger charge is -2.37. The van der Waals surface area contributed by atoms with Crippen LogP contribution in [0.2, 0.25) is 0 Å². The van der Waals surface area contributed by atoms with Crippen LogP contribution in [0.3, 0.4) is 0 Å². The fraction of sp³-hybridized carbons (Fsp3) is 0.375. The first-order valence-corrected chi connectivity index (χ1v) is 11.3. The first-order chi connectivity index (χ1) is 17.0. The Morgan fingerprint density at radius 1 is 1.20 bits per heavy atom. The molecule has 1 aliphatic carbocycles. The van der Waals surface area contributed by atoms with E-state index in [0.29, 0.717) is 36.2 Å². The van der Waals surface area contributed by atoms with Gasteiger partial charge in [-0.1, -0.05) is 0 Å². The maximum absolute atomic E-state index is 12.4. The van der Waals surface area contributed by atoms with Crippen LogP contribution < -0.4 is 0 Å². The molecule has 0 N–H and O–H groups in total. The second-order valence-electron chi connectivity index (χ2n) is 8.79. The Kier molecular flexibility index (Phi) is 5.53. The summed E-state index contributed by atoms with van der Waals surface area (Å²) in [6, 6.07) is 6.52. The third-order valence-corrected chi connectivity index (χ3v) is 6.83. The quantitative estimate of drug-likeness (QED) is 0.406. The van der Waals surface area contributed by atoms with E-state index in [2.05, 4.69) is 27.4 Å². The van der Waals surface area contributed by atoms with Crippen LogP contribution in [0.15, 0.2) is 37.1 Å². The second kappa shape index (κ2) is 8.69. The van der Waals surface area contributed by atoms with Crippen molar-refractivity contribution in [1.29, 1.82) is 10.5 Å². The normalized spacial score (nSPS) is 19.8. The van der Waals surface area contributed by atoms with E-state index >= 15 is 0 Å². The number of fused-ring (bicyclic) bond motifs is 1. The SMILES string of the molecule is COC(=O)c1c(-c2cn3nccc3c(-c3cnn(C4(CC#N)CCC(C#N)CC4)c3)n2)cnn1C. The van der Waals surface area contributed by atoms with Gasteiger partial charge in [0.2, 0.25) is 0 Å². The molecule has 4 heterocycles. The number of hydrogen-bond acceptors (Lipinski definition) is 8. The minimum Gasteiger partial charge on any atom is -0.464 e. The summed E-state index contributed by atoms with van der Waals surface area (Å²) in [4.78, 5) is 17.3. The van der Waals surface area contributed by atoms with Crippen LogP contribution in [0.4, 0.5) is 0 Å². The van der Waals surface area contributed by atoms with Crippen molar-refractivity contribution in [2.45, 2.75) is 37.6 Å². The molecule has 0 amide bonds. The van der Waals surface area contributed by atoms with Crippen molar-refractivity contribution in [2.24, 2.45) is 13.0 Å². The fourth-order valence-corrected chi connectivity index (χ4v) is 4.86. The molecule has 0 unspecified atom stereocenters. The fourth-order valence-electron chi connectivity index (χ4n) is 4.86. The van der Waals surface area contributed by atoms with Crippen molar-refractivity contribution in [1.82, 2.24) is 34.2 Å². The Morgan fingerprint density at radius 3 is 2.71 bits per heavy atom. The first kappa shape index (κ1) is 22.3. The summed E-state index contributed by atoms with van der Waals surface area (Å²) in [6.45, 7) is 0. The molecule has 0 spiro atoms. The molecule has 1 fully saturated rings. The van der Waals surface area contributed by atoms with Crippen LogP contribution >= 0.6 is 0 Å². The molecule has 0 saturated heterocycles. The van der Waals surface area contributed by atoms with Gasteiger partial charge in [0, 0.05) is 24.7 Å². The Bertz CT molecular complexity index is 1490. The summed E-state index contributed by atoms with van der Waals surface area (Å²) in [6.07, 6.45) is 11.9. The van der Waals surface area contributed by atoms with Crippen molar-refractivity contribution >= 4 is 11.5 Å². The first-order valence-electron chi connectivity index (χ1n) is 11.3. The summed E-state index contributed by atoms with van der Waals surface area (Å²) in [5, 5.41) is 32.1. The summed E-state index contributed by atoms with van der Waals surface area (Å²) < 4.78 is 9.96. The van der Waals surface area contributed by atoms with Gasteiger partial charge in [-0.15, -0.1) is 0 Å². The van der Waals surface area contributed by atoms with E-state index in [4.69, 9.17) is 9.72 Å². The molecular weight excluding hydrogens is 446 g/mol. The number of hydrogen-bond donors (Lipinski definition) is 0. The smallest absolute Gasteiger partial charge is 0.357 e. The van der Waals surface area contributed by atoms with Crippen LogP contribution in [0.25, 0.3) is 28.0 Å². The standard InChI is InChI=1S/C24H23N9O2/c1-31-22(23(34)35-2)18(13-28-31)19-15-32-20(5-10-27-32)21(30-19)17-12-29-33(14-17)24(8-9-25)6-3-16(11-26)4-7-24/h5,10,12-16H,3-4,6-8H2,1-2H3. The van der Waals surface area contributed by atoms with Crippen LogP contribution in [-0.2, 0) is 17.3 Å². The number of methoxy groups -OCH3 is 1. The zero-order valence-electron chi connectivity index (χ0n) is 19.4. The molecule has 35 heavy (non-hydrogen) atoms. The van der Waals surface area contributed by atoms with E-state index in [1.807, 2.05) is 16.9 Å². The van der Waals surface area contributed by atoms with E-state index in [1.165, 1.54) is 11.8 Å². The van der Waals surface area contributed by atoms with E-state index in [9.17, 15) is 15.3 Å². The number of aryl methyl sites for hydroxylation is 1. The average Bonchev–Trinajstić information content (AvgIpc) is 3.63. The molecule has 0 atom stereocenters. The van der Waals surface area contributed by atoms with Crippen LogP contribution in [-0.4, -0.2) is 47.2 Å². The molecule has 5 rings (SSSR count). The Labute approximate surface area is 201 Å². The predicted molar refractivity (Wildman–Crippen MR) is 124 cm³/mol. The summed E-state index contributed by atoms with van der Waals surface area (Å²) in [5.41, 5.74) is 3.06. The van der Waals surface area contributed by atoms with E-state index < -0.39 is 11.5 Å². The van der Waals surface area contributed by atoms with Gasteiger partial charge in [0.05, 0.1) is 78.5 Å². The average molecular weight is 470 g/mol. The lowest BCUT2D eigenvalue weighted by Crippen LogP contribution is -2.37. The third-order valence-electron chi connectivity index (χ3n) is 6.83. The molecule has 4 aromatic rings. The van der Waals surface area contributed by atoms with Crippen LogP contribution in [0.5, 0.6) is 0 Å². The highest BCUT2D eigenvalue weighted by Crippen LogP contribution is 2.40. The summed E-state index contributed by atoms with van der Waals surface area (Å²) >= 11 is 0. The molecule has 0 radical (unpaired) electrons. The van der Waals surface area contributed by atoms with Crippen molar-refractivity contribution in [3.63, 3.8) is 0 Å². The molecule has 11 heteroatoms. The summed E-state index contributed by atoms with van der Waals surface area (Å²) in [5.74, 6) is -0.492. The number of esters is 1. The highest BCUT2D eigenvalue weighted by Gasteiger charge is 2.38. The molecule has 0 aromatic carbocycles. The van der Waals surface area contributed by atoms with Gasteiger partial charge in [0.15, 0.2) is 5.69 Å². The predicted octanol–water partition coefficient (Wildman–Crippen LogP) is 3.10. The van der Waals surface area contributed by atoms with Gasteiger partial charge in [-0.3, -0.25) is 9.36 Å². The minimum absolute atomic E-state index is 0.0186. The van der Waals surface area contributed by atoms with Gasteiger partial charge in [-0.2, -0.15) is 25.8 Å². The molecule has 0 aliphatic heterocycles. The minimum atomic E-state index is -0.511. The van der Waals surface area contributed by atoms with Gasteiger partial charge >= 0.3 is 5.97 Å². The zero-order chi connectivity index (χ0) is 24.6. The molecule has 1 saturated carbocycles. The number of aromatic nitrogens is 7. The topological polar surface area (TPSA) is 140 Å². The Balaban J connectivity index is 1.60. The molecule has 4 aromatic heterocycles. The number of carbonyl (C=O) groups excluding carboxylic acids is 1. The van der Waals surface area contributed by atoms with Crippen molar-refractivity contribution < 1.29 is 9.53 Å². The van der Waals surface area contributed by atoms with Crippen LogP contribution in [0, 0.1) is 28.6 Å². The highest BCUT2D eigenvalue weighted by atomic mass is 16.5. The number of nitrogens with zero attached hydrogens (tertiary/aromatic N) is 9. The molecule has 176 valence electrons. The van der Waals surface area contributed by atoms with E-state index in [1.54, 1.807) is 36.4 Å². The second-order valence-corrected chi connectivity index (χ2v) is 8.79. The maximum Gasteiger partial charge on any atom is 0.357 e. The maximum atomic E-state index is 12.4. The van der Waals surface area contributed by atoms with Gasteiger partial charge in [0.1, 0.15) is 0 Å². The largest absolute Gasteiger partial charge is 0.464 e. The number of nitriles is 2. The molecule has 1 aliphatic rings. The van der Waals surface area contributed by atoms with Crippen molar-refractivity contribution in [2.75, 3.05) is 7.11 Å². The lowest BCUT2D eigenvalue weighted by molar-refractivity contribution is 0.0589. The van der Waals surface area contributed by atoms with E-state index in [0.717, 1.165) is 23.9 Å². The Hall–Kier alpha value is -4.51.